The molecule has 4 rings (SSSR count). The van der Waals surface area contributed by atoms with Gasteiger partial charge in [0.2, 0.25) is 0 Å². The van der Waals surface area contributed by atoms with Crippen molar-refractivity contribution in [1.29, 1.82) is 0 Å². The number of hydrogen-bond acceptors (Lipinski definition) is 6. The number of nitrogens with zero attached hydrogens (tertiary/aromatic N) is 2. The van der Waals surface area contributed by atoms with E-state index in [1.807, 2.05) is 30.3 Å². The Balaban J connectivity index is 1.77. The van der Waals surface area contributed by atoms with Crippen molar-refractivity contribution in [3.63, 3.8) is 0 Å². The van der Waals surface area contributed by atoms with Crippen molar-refractivity contribution in [2.45, 2.75) is 32.2 Å². The molecule has 1 heterocycles. The number of Topliss-reactive ketones (excluding diaryl/α,β-unsaturated/α-hetero) is 1. The molecule has 1 amide bonds. The van der Waals surface area contributed by atoms with Crippen LogP contribution in [0.5, 0.6) is 5.75 Å². The molecule has 0 aromatic heterocycles. The maximum absolute atomic E-state index is 13.3. The van der Waals surface area contributed by atoms with Gasteiger partial charge in [-0.2, -0.15) is 0 Å². The summed E-state index contributed by atoms with van der Waals surface area (Å²) in [5, 5.41) is 22.8. The van der Waals surface area contributed by atoms with Gasteiger partial charge in [-0.15, -0.1) is 0 Å². The molecule has 0 bridgehead atoms. The summed E-state index contributed by atoms with van der Waals surface area (Å²) < 4.78 is 5.74. The number of nitro groups is 1. The topological polar surface area (TPSA) is 110 Å². The van der Waals surface area contributed by atoms with E-state index < -0.39 is 22.7 Å². The van der Waals surface area contributed by atoms with Crippen LogP contribution in [0, 0.1) is 10.1 Å². The number of non-ortho nitro benzene ring substituents is 1. The zero-order valence-electron chi connectivity index (χ0n) is 20.5. The number of rotatable bonds is 10. The molecule has 1 saturated heterocycles. The lowest BCUT2D eigenvalue weighted by Crippen LogP contribution is -2.31. The molecular weight excluding hydrogens is 472 g/mol. The highest BCUT2D eigenvalue weighted by Crippen LogP contribution is 2.40. The molecule has 1 fully saturated rings. The molecule has 190 valence electrons. The summed E-state index contributed by atoms with van der Waals surface area (Å²) >= 11 is 0. The first-order valence-corrected chi connectivity index (χ1v) is 12.2. The molecule has 0 radical (unpaired) electrons. The van der Waals surface area contributed by atoms with Crippen LogP contribution in [0.4, 0.5) is 5.69 Å². The number of carbonyl (C=O) groups is 2. The normalized spacial score (nSPS) is 16.7. The van der Waals surface area contributed by atoms with Gasteiger partial charge < -0.3 is 14.7 Å². The zero-order valence-corrected chi connectivity index (χ0v) is 20.5. The second-order valence-corrected chi connectivity index (χ2v) is 8.81. The lowest BCUT2D eigenvalue weighted by atomic mass is 9.94. The van der Waals surface area contributed by atoms with Gasteiger partial charge in [0.1, 0.15) is 11.5 Å². The number of benzene rings is 3. The van der Waals surface area contributed by atoms with E-state index in [9.17, 15) is 24.8 Å². The molecule has 8 heteroatoms. The minimum Gasteiger partial charge on any atom is -0.507 e. The molecule has 0 saturated carbocycles. The predicted octanol–water partition coefficient (Wildman–Crippen LogP) is 5.44. The summed E-state index contributed by atoms with van der Waals surface area (Å²) in [4.78, 5) is 38.8. The van der Waals surface area contributed by atoms with Gasteiger partial charge in [-0.25, -0.2) is 0 Å². The van der Waals surface area contributed by atoms with Crippen LogP contribution in [0.25, 0.3) is 5.76 Å². The van der Waals surface area contributed by atoms with Crippen LogP contribution in [0.15, 0.2) is 84.4 Å². The molecule has 0 aliphatic carbocycles. The molecule has 8 nitrogen and oxygen atoms in total. The van der Waals surface area contributed by atoms with Crippen molar-refractivity contribution in [1.82, 2.24) is 4.90 Å². The molecule has 1 unspecified atom stereocenters. The summed E-state index contributed by atoms with van der Waals surface area (Å²) in [6.45, 7) is 2.76. The Labute approximate surface area is 215 Å². The van der Waals surface area contributed by atoms with Crippen molar-refractivity contribution < 1.29 is 24.4 Å². The first-order chi connectivity index (χ1) is 17.9. The fraction of sp³-hybridized carbons (Fsp3) is 0.241. The maximum Gasteiger partial charge on any atom is 0.295 e. The van der Waals surface area contributed by atoms with Gasteiger partial charge in [-0.05, 0) is 36.1 Å². The van der Waals surface area contributed by atoms with Gasteiger partial charge in [0, 0.05) is 24.2 Å². The number of likely N-dealkylation sites (tertiary alicyclic amines) is 1. The SMILES string of the molecule is CCCCOc1cccc(C(O)=C2C(=O)C(=O)N(CCc3ccccc3)C2c2cccc([N+](=O)[O-])c2)c1. The summed E-state index contributed by atoms with van der Waals surface area (Å²) in [7, 11) is 0. The van der Waals surface area contributed by atoms with Crippen molar-refractivity contribution in [3.05, 3.63) is 111 Å². The molecule has 1 aliphatic heterocycles. The number of ether oxygens (including phenoxy) is 1. The summed E-state index contributed by atoms with van der Waals surface area (Å²) in [5.74, 6) is -1.41. The fourth-order valence-corrected chi connectivity index (χ4v) is 4.38. The Morgan fingerprint density at radius 1 is 1.03 bits per heavy atom. The monoisotopic (exact) mass is 500 g/mol. The van der Waals surface area contributed by atoms with Gasteiger partial charge in [0.25, 0.3) is 17.4 Å². The van der Waals surface area contributed by atoms with Gasteiger partial charge in [-0.3, -0.25) is 19.7 Å². The number of ketones is 1. The molecule has 1 atom stereocenters. The first kappa shape index (κ1) is 25.6. The summed E-state index contributed by atoms with van der Waals surface area (Å²) in [6.07, 6.45) is 2.31. The third-order valence-electron chi connectivity index (χ3n) is 6.30. The van der Waals surface area contributed by atoms with Crippen molar-refractivity contribution in [3.8, 4) is 5.75 Å². The Kier molecular flexibility index (Phi) is 7.98. The Hall–Kier alpha value is -4.46. The molecule has 3 aromatic rings. The van der Waals surface area contributed by atoms with E-state index >= 15 is 0 Å². The number of amides is 1. The number of carbonyl (C=O) groups excluding carboxylic acids is 2. The van der Waals surface area contributed by atoms with Crippen LogP contribution in [-0.2, 0) is 16.0 Å². The maximum atomic E-state index is 13.3. The smallest absolute Gasteiger partial charge is 0.295 e. The van der Waals surface area contributed by atoms with Crippen LogP contribution < -0.4 is 4.74 Å². The second-order valence-electron chi connectivity index (χ2n) is 8.81. The van der Waals surface area contributed by atoms with Crippen LogP contribution in [-0.4, -0.2) is 39.8 Å². The number of unbranched alkanes of at least 4 members (excludes halogenated alkanes) is 1. The largest absolute Gasteiger partial charge is 0.507 e. The van der Waals surface area contributed by atoms with E-state index in [1.54, 1.807) is 30.3 Å². The fourth-order valence-electron chi connectivity index (χ4n) is 4.38. The standard InChI is InChI=1S/C29H28N2O6/c1-2-3-17-37-24-14-8-12-22(19-24)27(32)25-26(21-11-7-13-23(18-21)31(35)36)30(29(34)28(25)33)16-15-20-9-5-4-6-10-20/h4-14,18-19,26,32H,2-3,15-17H2,1H3. The van der Waals surface area contributed by atoms with Gasteiger partial charge in [-0.1, -0.05) is 67.9 Å². The van der Waals surface area contributed by atoms with E-state index in [0.717, 1.165) is 18.4 Å². The molecule has 0 spiro atoms. The predicted molar refractivity (Wildman–Crippen MR) is 139 cm³/mol. The second kappa shape index (κ2) is 11.5. The van der Waals surface area contributed by atoms with Gasteiger partial charge >= 0.3 is 0 Å². The third-order valence-corrected chi connectivity index (χ3v) is 6.30. The number of hydrogen-bond donors (Lipinski definition) is 1. The first-order valence-electron chi connectivity index (χ1n) is 12.2. The molecule has 3 aromatic carbocycles. The average molecular weight is 501 g/mol. The van der Waals surface area contributed by atoms with Crippen LogP contribution in [0.3, 0.4) is 0 Å². The van der Waals surface area contributed by atoms with Crippen molar-refractivity contribution in [2.24, 2.45) is 0 Å². The molecule has 1 N–H and O–H groups in total. The highest BCUT2D eigenvalue weighted by molar-refractivity contribution is 6.46. The van der Waals surface area contributed by atoms with E-state index in [0.29, 0.717) is 29.9 Å². The number of nitro benzene ring substituents is 1. The highest BCUT2D eigenvalue weighted by atomic mass is 16.6. The lowest BCUT2D eigenvalue weighted by Gasteiger charge is -2.25. The zero-order chi connectivity index (χ0) is 26.4. The lowest BCUT2D eigenvalue weighted by molar-refractivity contribution is -0.384. The van der Waals surface area contributed by atoms with E-state index in [1.165, 1.54) is 23.1 Å². The Bertz CT molecular complexity index is 1330. The van der Waals surface area contributed by atoms with Crippen LogP contribution in [0.1, 0.15) is 42.5 Å². The van der Waals surface area contributed by atoms with E-state index in [2.05, 4.69) is 6.92 Å². The quantitative estimate of drug-likeness (QED) is 0.0992. The third kappa shape index (κ3) is 5.69. The highest BCUT2D eigenvalue weighted by Gasteiger charge is 2.46. The van der Waals surface area contributed by atoms with Crippen molar-refractivity contribution >= 4 is 23.1 Å². The summed E-state index contributed by atoms with van der Waals surface area (Å²) in [5.41, 5.74) is 1.39. The summed E-state index contributed by atoms with van der Waals surface area (Å²) in [6, 6.07) is 21.0. The molecule has 1 aliphatic rings. The minimum absolute atomic E-state index is 0.107. The Morgan fingerprint density at radius 2 is 1.78 bits per heavy atom. The average Bonchev–Trinajstić information content (AvgIpc) is 3.17. The number of aliphatic hydroxyl groups is 1. The van der Waals surface area contributed by atoms with E-state index in [-0.39, 0.29) is 23.6 Å². The van der Waals surface area contributed by atoms with E-state index in [4.69, 9.17) is 4.74 Å². The number of aliphatic hydroxyl groups excluding tert-OH is 1. The van der Waals surface area contributed by atoms with Crippen molar-refractivity contribution in [2.75, 3.05) is 13.2 Å². The molecule has 37 heavy (non-hydrogen) atoms. The van der Waals surface area contributed by atoms with Crippen LogP contribution >= 0.6 is 0 Å². The van der Waals surface area contributed by atoms with Crippen LogP contribution in [0.2, 0.25) is 0 Å². The van der Waals surface area contributed by atoms with Gasteiger partial charge in [0.15, 0.2) is 0 Å². The van der Waals surface area contributed by atoms with Gasteiger partial charge in [0.05, 0.1) is 23.1 Å². The molecular formula is C29H28N2O6. The minimum atomic E-state index is -0.978. The Morgan fingerprint density at radius 3 is 2.51 bits per heavy atom.